The van der Waals surface area contributed by atoms with E-state index in [9.17, 15) is 0 Å². The smallest absolute Gasteiger partial charge is 0.0777 e. The summed E-state index contributed by atoms with van der Waals surface area (Å²) >= 11 is 0. The fourth-order valence-corrected chi connectivity index (χ4v) is 0.961. The van der Waals surface area contributed by atoms with Crippen LogP contribution in [0.25, 0.3) is 0 Å². The summed E-state index contributed by atoms with van der Waals surface area (Å²) in [5, 5.41) is 0. The summed E-state index contributed by atoms with van der Waals surface area (Å²) < 4.78 is 5.27. The third kappa shape index (κ3) is 5.14. The fourth-order valence-electron chi connectivity index (χ4n) is 0.961. The minimum absolute atomic E-state index is 0.242. The SMILES string of the molecule is CC/C=C/C=C/C(OC)C(C)C. The zero-order valence-corrected chi connectivity index (χ0v) is 8.58. The molecule has 0 radical (unpaired) electrons. The van der Waals surface area contributed by atoms with E-state index >= 15 is 0 Å². The monoisotopic (exact) mass is 168 g/mol. The molecule has 0 saturated carbocycles. The normalized spacial score (nSPS) is 15.1. The highest BCUT2D eigenvalue weighted by Crippen LogP contribution is 2.06. The molecule has 1 atom stereocenters. The molecule has 0 amide bonds. The molecule has 0 heterocycles. The van der Waals surface area contributed by atoms with E-state index in [2.05, 4.69) is 45.1 Å². The molecule has 0 fully saturated rings. The molecule has 0 bridgehead atoms. The van der Waals surface area contributed by atoms with E-state index in [0.29, 0.717) is 5.92 Å². The van der Waals surface area contributed by atoms with Gasteiger partial charge in [-0.15, -0.1) is 0 Å². The van der Waals surface area contributed by atoms with Crippen molar-refractivity contribution < 1.29 is 4.74 Å². The van der Waals surface area contributed by atoms with Gasteiger partial charge in [0, 0.05) is 7.11 Å². The standard InChI is InChI=1S/C11H20O/c1-5-6-7-8-9-11(12-4)10(2)3/h6-11H,5H2,1-4H3/b7-6+,9-8+. The van der Waals surface area contributed by atoms with Crippen molar-refractivity contribution in [1.29, 1.82) is 0 Å². The highest BCUT2D eigenvalue weighted by molar-refractivity contribution is 5.05. The van der Waals surface area contributed by atoms with Gasteiger partial charge in [0.2, 0.25) is 0 Å². The fraction of sp³-hybridized carbons (Fsp3) is 0.636. The van der Waals surface area contributed by atoms with Crippen molar-refractivity contribution in [2.24, 2.45) is 5.92 Å². The van der Waals surface area contributed by atoms with Crippen molar-refractivity contribution in [3.05, 3.63) is 24.3 Å². The Balaban J connectivity index is 3.84. The van der Waals surface area contributed by atoms with Crippen molar-refractivity contribution >= 4 is 0 Å². The van der Waals surface area contributed by atoms with Crippen LogP contribution in [0.1, 0.15) is 27.2 Å². The summed E-state index contributed by atoms with van der Waals surface area (Å²) in [4.78, 5) is 0. The highest BCUT2D eigenvalue weighted by Gasteiger charge is 2.05. The molecule has 0 spiro atoms. The van der Waals surface area contributed by atoms with E-state index in [1.54, 1.807) is 7.11 Å². The third-order valence-electron chi connectivity index (χ3n) is 1.71. The lowest BCUT2D eigenvalue weighted by Crippen LogP contribution is -2.14. The molecule has 1 unspecified atom stereocenters. The summed E-state index contributed by atoms with van der Waals surface area (Å²) in [5.41, 5.74) is 0. The van der Waals surface area contributed by atoms with Gasteiger partial charge < -0.3 is 4.74 Å². The van der Waals surface area contributed by atoms with Gasteiger partial charge in [-0.3, -0.25) is 0 Å². The van der Waals surface area contributed by atoms with Gasteiger partial charge >= 0.3 is 0 Å². The molecule has 0 aromatic carbocycles. The van der Waals surface area contributed by atoms with Crippen LogP contribution in [-0.2, 0) is 4.74 Å². The lowest BCUT2D eigenvalue weighted by Gasteiger charge is -2.13. The van der Waals surface area contributed by atoms with Crippen molar-refractivity contribution in [2.45, 2.75) is 33.3 Å². The molecule has 0 saturated heterocycles. The van der Waals surface area contributed by atoms with Gasteiger partial charge in [0.05, 0.1) is 6.10 Å². The van der Waals surface area contributed by atoms with Crippen LogP contribution in [0.4, 0.5) is 0 Å². The Hall–Kier alpha value is -0.560. The summed E-state index contributed by atoms with van der Waals surface area (Å²) in [6, 6.07) is 0. The van der Waals surface area contributed by atoms with Crippen LogP contribution in [0.15, 0.2) is 24.3 Å². The molecule has 0 aliphatic rings. The Kier molecular flexibility index (Phi) is 6.78. The van der Waals surface area contributed by atoms with Crippen molar-refractivity contribution in [2.75, 3.05) is 7.11 Å². The maximum atomic E-state index is 5.27. The third-order valence-corrected chi connectivity index (χ3v) is 1.71. The second-order valence-electron chi connectivity index (χ2n) is 3.17. The van der Waals surface area contributed by atoms with Crippen molar-refractivity contribution in [3.63, 3.8) is 0 Å². The first-order valence-corrected chi connectivity index (χ1v) is 4.58. The molecule has 0 N–H and O–H groups in total. The van der Waals surface area contributed by atoms with E-state index in [4.69, 9.17) is 4.74 Å². The van der Waals surface area contributed by atoms with E-state index < -0.39 is 0 Å². The number of allylic oxidation sites excluding steroid dienone is 3. The first kappa shape index (κ1) is 11.4. The van der Waals surface area contributed by atoms with Crippen LogP contribution in [-0.4, -0.2) is 13.2 Å². The van der Waals surface area contributed by atoms with Crippen LogP contribution < -0.4 is 0 Å². The minimum Gasteiger partial charge on any atom is -0.377 e. The molecule has 0 aromatic rings. The van der Waals surface area contributed by atoms with Crippen LogP contribution in [0.2, 0.25) is 0 Å². The van der Waals surface area contributed by atoms with Gasteiger partial charge in [0.1, 0.15) is 0 Å². The Morgan fingerprint density at radius 2 is 1.92 bits per heavy atom. The molecule has 12 heavy (non-hydrogen) atoms. The maximum absolute atomic E-state index is 5.27. The summed E-state index contributed by atoms with van der Waals surface area (Å²) in [7, 11) is 1.75. The van der Waals surface area contributed by atoms with E-state index in [-0.39, 0.29) is 6.10 Å². The molecule has 0 rings (SSSR count). The second-order valence-corrected chi connectivity index (χ2v) is 3.17. The average molecular weight is 168 g/mol. The Morgan fingerprint density at radius 1 is 1.25 bits per heavy atom. The number of methoxy groups -OCH3 is 1. The van der Waals surface area contributed by atoms with Gasteiger partial charge in [0.15, 0.2) is 0 Å². The Labute approximate surface area is 76.1 Å². The molecule has 0 aromatic heterocycles. The first-order valence-electron chi connectivity index (χ1n) is 4.58. The van der Waals surface area contributed by atoms with E-state index in [1.165, 1.54) is 0 Å². The Bertz CT molecular complexity index is 145. The predicted octanol–water partition coefficient (Wildman–Crippen LogP) is 3.18. The lowest BCUT2D eigenvalue weighted by molar-refractivity contribution is 0.103. The lowest BCUT2D eigenvalue weighted by atomic mass is 10.1. The van der Waals surface area contributed by atoms with Crippen LogP contribution in [0, 0.1) is 5.92 Å². The van der Waals surface area contributed by atoms with Crippen LogP contribution in [0.3, 0.4) is 0 Å². The predicted molar refractivity (Wildman–Crippen MR) is 54.2 cm³/mol. The van der Waals surface area contributed by atoms with Gasteiger partial charge in [-0.2, -0.15) is 0 Å². The summed E-state index contributed by atoms with van der Waals surface area (Å²) in [6.07, 6.45) is 9.67. The summed E-state index contributed by atoms with van der Waals surface area (Å²) in [6.45, 7) is 6.44. The average Bonchev–Trinajstić information content (AvgIpc) is 2.04. The van der Waals surface area contributed by atoms with Crippen LogP contribution in [0.5, 0.6) is 0 Å². The zero-order valence-electron chi connectivity index (χ0n) is 8.58. The van der Waals surface area contributed by atoms with Gasteiger partial charge in [-0.1, -0.05) is 45.1 Å². The molecular formula is C11H20O. The number of ether oxygens (including phenoxy) is 1. The largest absolute Gasteiger partial charge is 0.377 e. The zero-order chi connectivity index (χ0) is 9.40. The molecule has 0 aliphatic carbocycles. The molecule has 1 nitrogen and oxygen atoms in total. The van der Waals surface area contributed by atoms with Gasteiger partial charge in [0.25, 0.3) is 0 Å². The molecule has 1 heteroatoms. The van der Waals surface area contributed by atoms with Crippen molar-refractivity contribution in [1.82, 2.24) is 0 Å². The Morgan fingerprint density at radius 3 is 2.33 bits per heavy atom. The second kappa shape index (κ2) is 7.11. The van der Waals surface area contributed by atoms with Crippen molar-refractivity contribution in [3.8, 4) is 0 Å². The molecular weight excluding hydrogens is 148 g/mol. The van der Waals surface area contributed by atoms with Gasteiger partial charge in [-0.25, -0.2) is 0 Å². The van der Waals surface area contributed by atoms with E-state index in [1.807, 2.05) is 0 Å². The number of hydrogen-bond donors (Lipinski definition) is 0. The van der Waals surface area contributed by atoms with Crippen LogP contribution >= 0.6 is 0 Å². The quantitative estimate of drug-likeness (QED) is 0.573. The summed E-state index contributed by atoms with van der Waals surface area (Å²) in [5.74, 6) is 0.543. The highest BCUT2D eigenvalue weighted by atomic mass is 16.5. The molecule has 0 aliphatic heterocycles. The van der Waals surface area contributed by atoms with E-state index in [0.717, 1.165) is 6.42 Å². The van der Waals surface area contributed by atoms with Gasteiger partial charge in [-0.05, 0) is 12.3 Å². The number of hydrogen-bond acceptors (Lipinski definition) is 1. The number of rotatable bonds is 5. The maximum Gasteiger partial charge on any atom is 0.0777 e. The minimum atomic E-state index is 0.242. The first-order chi connectivity index (χ1) is 5.72. The molecule has 70 valence electrons. The topological polar surface area (TPSA) is 9.23 Å².